The first-order valence-corrected chi connectivity index (χ1v) is 18.5. The molecule has 0 aliphatic carbocycles. The van der Waals surface area contributed by atoms with Crippen LogP contribution in [0.4, 0.5) is 0 Å². The highest BCUT2D eigenvalue weighted by Crippen LogP contribution is 2.28. The normalized spacial score (nSPS) is 12.3. The molecule has 0 spiro atoms. The van der Waals surface area contributed by atoms with Crippen molar-refractivity contribution in [3.05, 3.63) is 55.0 Å². The van der Waals surface area contributed by atoms with Gasteiger partial charge in [-0.1, -0.05) is 71.6 Å². The minimum absolute atomic E-state index is 0.0524. The van der Waals surface area contributed by atoms with Crippen molar-refractivity contribution in [2.24, 2.45) is 9.98 Å². The SMILES string of the molecule is CCOC(=O)Cn1c(=NC(=O)CCCCCCCCC(=O)N=c2sc3ccc(Cl)c(C)c3n2CC(=O)OCC)sc2ccc(Cl)c(C)c21. The van der Waals surface area contributed by atoms with Gasteiger partial charge in [-0.25, -0.2) is 0 Å². The molecular weight excluding hydrogens is 695 g/mol. The van der Waals surface area contributed by atoms with E-state index in [4.69, 9.17) is 32.7 Å². The summed E-state index contributed by atoms with van der Waals surface area (Å²) in [5, 5.41) is 1.15. The molecular formula is C34H40Cl2N4O6S2. The number of halogens is 2. The number of fused-ring (bicyclic) bond motifs is 2. The summed E-state index contributed by atoms with van der Waals surface area (Å²) in [7, 11) is 0. The van der Waals surface area contributed by atoms with E-state index in [-0.39, 0.29) is 38.1 Å². The minimum atomic E-state index is -0.404. The van der Waals surface area contributed by atoms with Crippen LogP contribution in [-0.2, 0) is 41.7 Å². The summed E-state index contributed by atoms with van der Waals surface area (Å²) < 4.78 is 15.5. The van der Waals surface area contributed by atoms with Gasteiger partial charge in [0.15, 0.2) is 9.60 Å². The average Bonchev–Trinajstić information content (AvgIpc) is 3.55. The zero-order valence-corrected chi connectivity index (χ0v) is 30.8. The van der Waals surface area contributed by atoms with Crippen molar-refractivity contribution in [3.63, 3.8) is 0 Å². The molecule has 0 fully saturated rings. The van der Waals surface area contributed by atoms with E-state index in [9.17, 15) is 19.2 Å². The summed E-state index contributed by atoms with van der Waals surface area (Å²) in [5.74, 6) is -1.29. The number of thiazole rings is 2. The first-order valence-electron chi connectivity index (χ1n) is 16.1. The summed E-state index contributed by atoms with van der Waals surface area (Å²) in [6.45, 7) is 7.67. The molecule has 0 aliphatic rings. The van der Waals surface area contributed by atoms with E-state index in [0.717, 1.165) is 57.2 Å². The molecule has 48 heavy (non-hydrogen) atoms. The van der Waals surface area contributed by atoms with Crippen molar-refractivity contribution >= 4 is 90.1 Å². The second kappa shape index (κ2) is 17.9. The maximum atomic E-state index is 12.8. The predicted octanol–water partition coefficient (Wildman–Crippen LogP) is 7.44. The summed E-state index contributed by atoms with van der Waals surface area (Å²) in [6.07, 6.45) is 5.57. The number of benzene rings is 2. The molecule has 258 valence electrons. The van der Waals surface area contributed by atoms with Crippen LogP contribution in [0.5, 0.6) is 0 Å². The molecule has 2 aromatic carbocycles. The van der Waals surface area contributed by atoms with Gasteiger partial charge in [-0.3, -0.25) is 19.2 Å². The molecule has 2 aromatic heterocycles. The Hall–Kier alpha value is -3.32. The number of nitrogens with zero attached hydrogens (tertiary/aromatic N) is 4. The first-order chi connectivity index (χ1) is 23.0. The fraction of sp³-hybridized carbons (Fsp3) is 0.471. The van der Waals surface area contributed by atoms with Crippen molar-refractivity contribution < 1.29 is 28.7 Å². The van der Waals surface area contributed by atoms with Crippen LogP contribution in [0.15, 0.2) is 34.3 Å². The fourth-order valence-electron chi connectivity index (χ4n) is 5.35. The molecule has 0 aliphatic heterocycles. The highest BCUT2D eigenvalue weighted by molar-refractivity contribution is 7.16. The second-order valence-corrected chi connectivity index (χ2v) is 14.1. The molecule has 4 rings (SSSR count). The van der Waals surface area contributed by atoms with Crippen molar-refractivity contribution in [2.75, 3.05) is 13.2 Å². The Morgan fingerprint density at radius 2 is 1.02 bits per heavy atom. The van der Waals surface area contributed by atoms with E-state index in [1.165, 1.54) is 22.7 Å². The summed E-state index contributed by atoms with van der Waals surface area (Å²) in [4.78, 5) is 59.8. The number of carbonyl (C=O) groups excluding carboxylic acids is 4. The first kappa shape index (κ1) is 37.5. The molecule has 4 aromatic rings. The van der Waals surface area contributed by atoms with Gasteiger partial charge in [0.05, 0.1) is 33.6 Å². The number of ether oxygens (including phenoxy) is 2. The molecule has 10 nitrogen and oxygen atoms in total. The van der Waals surface area contributed by atoms with Gasteiger partial charge in [-0.05, 0) is 75.9 Å². The van der Waals surface area contributed by atoms with Crippen LogP contribution in [0.3, 0.4) is 0 Å². The van der Waals surface area contributed by atoms with Gasteiger partial charge in [0.25, 0.3) is 0 Å². The maximum absolute atomic E-state index is 12.8. The minimum Gasteiger partial charge on any atom is -0.465 e. The Kier molecular flexibility index (Phi) is 14.0. The zero-order valence-electron chi connectivity index (χ0n) is 27.6. The fourth-order valence-corrected chi connectivity index (χ4v) is 7.87. The van der Waals surface area contributed by atoms with Crippen LogP contribution in [0.25, 0.3) is 20.4 Å². The van der Waals surface area contributed by atoms with Crippen molar-refractivity contribution in [1.29, 1.82) is 0 Å². The molecule has 14 heteroatoms. The molecule has 0 unspecified atom stereocenters. The summed E-state index contributed by atoms with van der Waals surface area (Å²) in [5.41, 5.74) is 3.19. The highest BCUT2D eigenvalue weighted by atomic mass is 35.5. The maximum Gasteiger partial charge on any atom is 0.326 e. The van der Waals surface area contributed by atoms with Crippen molar-refractivity contribution in [1.82, 2.24) is 9.13 Å². The molecule has 0 saturated heterocycles. The number of hydrogen-bond acceptors (Lipinski definition) is 8. The molecule has 2 amide bonds. The number of amides is 2. The summed E-state index contributed by atoms with van der Waals surface area (Å²) in [6, 6.07) is 7.33. The smallest absolute Gasteiger partial charge is 0.326 e. The van der Waals surface area contributed by atoms with Crippen LogP contribution in [-0.4, -0.2) is 46.1 Å². The van der Waals surface area contributed by atoms with E-state index in [1.807, 2.05) is 26.0 Å². The van der Waals surface area contributed by atoms with Crippen LogP contribution in [0.1, 0.15) is 76.3 Å². The Labute approximate surface area is 297 Å². The lowest BCUT2D eigenvalue weighted by Gasteiger charge is -2.08. The van der Waals surface area contributed by atoms with Gasteiger partial charge < -0.3 is 18.6 Å². The van der Waals surface area contributed by atoms with E-state index in [0.29, 0.717) is 45.3 Å². The van der Waals surface area contributed by atoms with E-state index >= 15 is 0 Å². The molecule has 0 bridgehead atoms. The number of aryl methyl sites for hydroxylation is 2. The van der Waals surface area contributed by atoms with Gasteiger partial charge in [0.1, 0.15) is 13.1 Å². The number of aromatic nitrogens is 2. The number of hydrogen-bond donors (Lipinski definition) is 0. The average molecular weight is 736 g/mol. The number of carbonyl (C=O) groups is 4. The second-order valence-electron chi connectivity index (χ2n) is 11.2. The van der Waals surface area contributed by atoms with E-state index in [2.05, 4.69) is 9.98 Å². The number of esters is 2. The predicted molar refractivity (Wildman–Crippen MR) is 190 cm³/mol. The Morgan fingerprint density at radius 1 is 0.646 bits per heavy atom. The third kappa shape index (κ3) is 9.64. The zero-order chi connectivity index (χ0) is 34.8. The lowest BCUT2D eigenvalue weighted by atomic mass is 10.1. The van der Waals surface area contributed by atoms with Crippen molar-refractivity contribution in [2.45, 2.75) is 92.2 Å². The Morgan fingerprint density at radius 3 is 1.40 bits per heavy atom. The van der Waals surface area contributed by atoms with Gasteiger partial charge in [0.2, 0.25) is 11.8 Å². The third-order valence-corrected chi connectivity index (χ3v) is 10.6. The molecule has 0 saturated carbocycles. The highest BCUT2D eigenvalue weighted by Gasteiger charge is 2.17. The van der Waals surface area contributed by atoms with E-state index in [1.54, 1.807) is 35.1 Å². The third-order valence-electron chi connectivity index (χ3n) is 7.72. The van der Waals surface area contributed by atoms with E-state index < -0.39 is 11.9 Å². The standard InChI is InChI=1S/C34H40Cl2N4O6S2/c1-5-45-29(43)19-39-31-21(3)23(35)15-17-25(31)47-33(39)37-27(41)13-11-9-7-8-10-12-14-28(42)38-34-40(20-30(44)46-6-2)32-22(4)24(36)16-18-26(32)48-34/h15-18H,5-14,19-20H2,1-4H3. The summed E-state index contributed by atoms with van der Waals surface area (Å²) >= 11 is 15.4. The lowest BCUT2D eigenvalue weighted by molar-refractivity contribution is -0.144. The molecule has 0 N–H and O–H groups in total. The molecule has 0 radical (unpaired) electrons. The van der Waals surface area contributed by atoms with Crippen LogP contribution in [0, 0.1) is 13.8 Å². The number of rotatable bonds is 15. The molecule has 2 heterocycles. The van der Waals surface area contributed by atoms with Crippen LogP contribution < -0.4 is 9.60 Å². The topological polar surface area (TPSA) is 121 Å². The van der Waals surface area contributed by atoms with Crippen LogP contribution in [0.2, 0.25) is 10.0 Å². The lowest BCUT2D eigenvalue weighted by Crippen LogP contribution is -2.23. The van der Waals surface area contributed by atoms with Gasteiger partial charge >= 0.3 is 11.9 Å². The molecule has 0 atom stereocenters. The van der Waals surface area contributed by atoms with Crippen molar-refractivity contribution in [3.8, 4) is 0 Å². The largest absolute Gasteiger partial charge is 0.465 e. The number of unbranched alkanes of at least 4 members (excludes halogenated alkanes) is 5. The quantitative estimate of drug-likeness (QED) is 0.0925. The monoisotopic (exact) mass is 734 g/mol. The van der Waals surface area contributed by atoms with Gasteiger partial charge in [-0.2, -0.15) is 9.98 Å². The van der Waals surface area contributed by atoms with Gasteiger partial charge in [0, 0.05) is 22.9 Å². The van der Waals surface area contributed by atoms with Gasteiger partial charge in [-0.15, -0.1) is 0 Å². The Balaban J connectivity index is 1.27. The van der Waals surface area contributed by atoms with Crippen LogP contribution >= 0.6 is 45.9 Å². The Bertz CT molecular complexity index is 1820.